The van der Waals surface area contributed by atoms with Crippen molar-refractivity contribution in [3.8, 4) is 0 Å². The highest BCUT2D eigenvalue weighted by Crippen LogP contribution is 2.09. The molecule has 0 amide bonds. The molecule has 2 heteroatoms. The van der Waals surface area contributed by atoms with E-state index in [1.54, 1.807) is 0 Å². The minimum atomic E-state index is 0.720. The van der Waals surface area contributed by atoms with Gasteiger partial charge >= 0.3 is 0 Å². The number of nitrogens with one attached hydrogen (secondary N) is 1. The van der Waals surface area contributed by atoms with Crippen LogP contribution in [0.25, 0.3) is 0 Å². The average molecular weight is 128 g/mol. The smallest absolute Gasteiger partial charge is 0.0229 e. The van der Waals surface area contributed by atoms with E-state index in [4.69, 9.17) is 0 Å². The van der Waals surface area contributed by atoms with Crippen molar-refractivity contribution in [3.63, 3.8) is 0 Å². The van der Waals surface area contributed by atoms with Crippen LogP contribution in [0.15, 0.2) is 0 Å². The highest BCUT2D eigenvalue weighted by atomic mass is 15.2. The Kier molecular flexibility index (Phi) is 2.09. The summed E-state index contributed by atoms with van der Waals surface area (Å²) in [6.45, 7) is 3.40. The summed E-state index contributed by atoms with van der Waals surface area (Å²) in [5, 5.41) is 3.41. The number of rotatable bonds is 1. The zero-order chi connectivity index (χ0) is 6.85. The van der Waals surface area contributed by atoms with Crippen LogP contribution in [0.4, 0.5) is 0 Å². The van der Waals surface area contributed by atoms with E-state index in [0.717, 1.165) is 18.6 Å². The van der Waals surface area contributed by atoms with Gasteiger partial charge in [0, 0.05) is 18.6 Å². The Morgan fingerprint density at radius 2 is 2.11 bits per heavy atom. The fourth-order valence-electron chi connectivity index (χ4n) is 1.31. The van der Waals surface area contributed by atoms with E-state index < -0.39 is 0 Å². The Balaban J connectivity index is 2.30. The lowest BCUT2D eigenvalue weighted by Gasteiger charge is -2.16. The lowest BCUT2D eigenvalue weighted by atomic mass is 10.2. The highest BCUT2D eigenvalue weighted by molar-refractivity contribution is 4.82. The minimum Gasteiger partial charge on any atom is -0.313 e. The van der Waals surface area contributed by atoms with Gasteiger partial charge in [-0.15, -0.1) is 0 Å². The zero-order valence-corrected chi connectivity index (χ0v) is 6.52. The standard InChI is InChI=1S/C7H16N2/c1-6-4-7(5-8-6)9(2)3/h6-8H,4-5H2,1-3H3/t6-,7?/m1/s1. The van der Waals surface area contributed by atoms with Gasteiger partial charge in [0.25, 0.3) is 0 Å². The molecule has 1 unspecified atom stereocenters. The van der Waals surface area contributed by atoms with Crippen LogP contribution < -0.4 is 5.32 Å². The van der Waals surface area contributed by atoms with Crippen LogP contribution >= 0.6 is 0 Å². The number of hydrogen-bond acceptors (Lipinski definition) is 2. The Bertz CT molecular complexity index is 90.9. The molecule has 1 saturated heterocycles. The van der Waals surface area contributed by atoms with Gasteiger partial charge in [-0.3, -0.25) is 0 Å². The van der Waals surface area contributed by atoms with Gasteiger partial charge in [-0.1, -0.05) is 0 Å². The largest absolute Gasteiger partial charge is 0.313 e. The maximum absolute atomic E-state index is 3.41. The van der Waals surface area contributed by atoms with E-state index in [1.165, 1.54) is 6.42 Å². The molecule has 1 fully saturated rings. The molecule has 1 N–H and O–H groups in total. The summed E-state index contributed by atoms with van der Waals surface area (Å²) in [4.78, 5) is 2.29. The molecule has 0 spiro atoms. The van der Waals surface area contributed by atoms with E-state index >= 15 is 0 Å². The molecule has 54 valence electrons. The molecule has 0 saturated carbocycles. The first-order valence-corrected chi connectivity index (χ1v) is 3.60. The van der Waals surface area contributed by atoms with Gasteiger partial charge in [0.1, 0.15) is 0 Å². The third kappa shape index (κ3) is 1.66. The number of hydrogen-bond donors (Lipinski definition) is 1. The molecular weight excluding hydrogens is 112 g/mol. The molecule has 1 heterocycles. The number of likely N-dealkylation sites (N-methyl/N-ethyl adjacent to an activating group) is 1. The molecule has 9 heavy (non-hydrogen) atoms. The van der Waals surface area contributed by atoms with E-state index in [0.29, 0.717) is 0 Å². The number of nitrogens with zero attached hydrogens (tertiary/aromatic N) is 1. The van der Waals surface area contributed by atoms with Crippen molar-refractivity contribution in [2.45, 2.75) is 25.4 Å². The maximum Gasteiger partial charge on any atom is 0.0229 e. The van der Waals surface area contributed by atoms with Gasteiger partial charge in [-0.25, -0.2) is 0 Å². The Hall–Kier alpha value is -0.0800. The second-order valence-electron chi connectivity index (χ2n) is 3.16. The van der Waals surface area contributed by atoms with E-state index in [2.05, 4.69) is 31.2 Å². The van der Waals surface area contributed by atoms with E-state index in [-0.39, 0.29) is 0 Å². The van der Waals surface area contributed by atoms with Crippen LogP contribution in [0.5, 0.6) is 0 Å². The predicted molar refractivity (Wildman–Crippen MR) is 39.6 cm³/mol. The van der Waals surface area contributed by atoms with Gasteiger partial charge < -0.3 is 10.2 Å². The van der Waals surface area contributed by atoms with Crippen LogP contribution in [0.2, 0.25) is 0 Å². The molecule has 2 nitrogen and oxygen atoms in total. The fraction of sp³-hybridized carbons (Fsp3) is 1.00. The Morgan fingerprint density at radius 3 is 2.33 bits per heavy atom. The molecule has 0 aromatic rings. The van der Waals surface area contributed by atoms with Gasteiger partial charge in [-0.05, 0) is 27.4 Å². The van der Waals surface area contributed by atoms with E-state index in [9.17, 15) is 0 Å². The lowest BCUT2D eigenvalue weighted by Crippen LogP contribution is -2.29. The normalized spacial score (nSPS) is 36.0. The summed E-state index contributed by atoms with van der Waals surface area (Å²) in [5.41, 5.74) is 0. The van der Waals surface area contributed by atoms with Crippen LogP contribution in [-0.2, 0) is 0 Å². The summed E-state index contributed by atoms with van der Waals surface area (Å²) < 4.78 is 0. The second kappa shape index (κ2) is 2.67. The van der Waals surface area contributed by atoms with Crippen LogP contribution in [0, 0.1) is 0 Å². The Morgan fingerprint density at radius 1 is 1.44 bits per heavy atom. The van der Waals surface area contributed by atoms with Crippen LogP contribution in [0.3, 0.4) is 0 Å². The fourth-order valence-corrected chi connectivity index (χ4v) is 1.31. The van der Waals surface area contributed by atoms with Crippen LogP contribution in [-0.4, -0.2) is 37.6 Å². The van der Waals surface area contributed by atoms with E-state index in [1.807, 2.05) is 0 Å². The van der Waals surface area contributed by atoms with Gasteiger partial charge in [0.05, 0.1) is 0 Å². The second-order valence-corrected chi connectivity index (χ2v) is 3.16. The van der Waals surface area contributed by atoms with Gasteiger partial charge in [-0.2, -0.15) is 0 Å². The molecule has 0 bridgehead atoms. The summed E-state index contributed by atoms with van der Waals surface area (Å²) in [7, 11) is 4.29. The highest BCUT2D eigenvalue weighted by Gasteiger charge is 2.21. The SMILES string of the molecule is C[C@@H]1CC(N(C)C)CN1. The molecule has 0 aromatic carbocycles. The molecule has 0 aromatic heterocycles. The first kappa shape index (κ1) is 7.03. The lowest BCUT2D eigenvalue weighted by molar-refractivity contribution is 0.310. The van der Waals surface area contributed by atoms with Crippen molar-refractivity contribution in [2.24, 2.45) is 0 Å². The van der Waals surface area contributed by atoms with Crippen molar-refractivity contribution < 1.29 is 0 Å². The predicted octanol–water partition coefficient (Wildman–Crippen LogP) is 0.298. The zero-order valence-electron chi connectivity index (χ0n) is 6.52. The summed E-state index contributed by atoms with van der Waals surface area (Å²) >= 11 is 0. The molecule has 1 aliphatic rings. The monoisotopic (exact) mass is 128 g/mol. The summed E-state index contributed by atoms with van der Waals surface area (Å²) in [5.74, 6) is 0. The third-order valence-electron chi connectivity index (χ3n) is 2.06. The maximum atomic E-state index is 3.41. The molecule has 1 rings (SSSR count). The topological polar surface area (TPSA) is 15.3 Å². The van der Waals surface area contributed by atoms with Crippen molar-refractivity contribution in [2.75, 3.05) is 20.6 Å². The molecular formula is C7H16N2. The average Bonchev–Trinajstić information content (AvgIpc) is 2.14. The molecule has 2 atom stereocenters. The first-order valence-electron chi connectivity index (χ1n) is 3.60. The van der Waals surface area contributed by atoms with Gasteiger partial charge in [0.15, 0.2) is 0 Å². The summed E-state index contributed by atoms with van der Waals surface area (Å²) in [6.07, 6.45) is 1.30. The summed E-state index contributed by atoms with van der Waals surface area (Å²) in [6, 6.07) is 1.48. The first-order chi connectivity index (χ1) is 4.20. The third-order valence-corrected chi connectivity index (χ3v) is 2.06. The van der Waals surface area contributed by atoms with Crippen LogP contribution in [0.1, 0.15) is 13.3 Å². The van der Waals surface area contributed by atoms with Crippen molar-refractivity contribution in [3.05, 3.63) is 0 Å². The quantitative estimate of drug-likeness (QED) is 0.546. The molecule has 0 aliphatic carbocycles. The Labute approximate surface area is 57.2 Å². The van der Waals surface area contributed by atoms with Crippen molar-refractivity contribution >= 4 is 0 Å². The van der Waals surface area contributed by atoms with Crippen molar-refractivity contribution in [1.82, 2.24) is 10.2 Å². The van der Waals surface area contributed by atoms with Gasteiger partial charge in [0.2, 0.25) is 0 Å². The molecule has 0 radical (unpaired) electrons. The minimum absolute atomic E-state index is 0.720. The van der Waals surface area contributed by atoms with Crippen molar-refractivity contribution in [1.29, 1.82) is 0 Å². The molecule has 1 aliphatic heterocycles.